The number of nitrogens with zero attached hydrogens (tertiary/aromatic N) is 2. The maximum absolute atomic E-state index is 12.1. The van der Waals surface area contributed by atoms with E-state index >= 15 is 0 Å². The number of benzene rings is 1. The van der Waals surface area contributed by atoms with Crippen LogP contribution in [0.25, 0.3) is 6.08 Å². The summed E-state index contributed by atoms with van der Waals surface area (Å²) < 4.78 is 10.6. The van der Waals surface area contributed by atoms with E-state index in [0.717, 1.165) is 36.2 Å². The number of anilines is 1. The Labute approximate surface area is 154 Å². The van der Waals surface area contributed by atoms with Crippen LogP contribution in [0.15, 0.2) is 47.1 Å². The van der Waals surface area contributed by atoms with Crippen LogP contribution in [0.5, 0.6) is 0 Å². The van der Waals surface area contributed by atoms with Gasteiger partial charge >= 0.3 is 5.97 Å². The summed E-state index contributed by atoms with van der Waals surface area (Å²) in [4.78, 5) is 19.7. The minimum absolute atomic E-state index is 0.242. The van der Waals surface area contributed by atoms with Gasteiger partial charge in [-0.15, -0.1) is 11.3 Å². The molecule has 0 unspecified atom stereocenters. The van der Waals surface area contributed by atoms with Crippen LogP contribution in [0, 0.1) is 0 Å². The summed E-state index contributed by atoms with van der Waals surface area (Å²) in [6, 6.07) is 11.2. The quantitative estimate of drug-likeness (QED) is 0.608. The average molecular weight is 375 g/mol. The van der Waals surface area contributed by atoms with Crippen molar-refractivity contribution < 1.29 is 14.3 Å². The number of hydrogen-bond acceptors (Lipinski definition) is 6. The molecule has 1 aromatic carbocycles. The summed E-state index contributed by atoms with van der Waals surface area (Å²) in [7, 11) is 0. The predicted molar refractivity (Wildman–Crippen MR) is 99.4 cm³/mol. The molecule has 1 fully saturated rings. The number of carbonyl (C=O) groups excluding carboxylic acids is 1. The number of halogens is 1. The first-order valence-corrected chi connectivity index (χ1v) is 9.10. The Balaban J connectivity index is 1.58. The fourth-order valence-corrected chi connectivity index (χ4v) is 3.88. The van der Waals surface area contributed by atoms with Gasteiger partial charge in [-0.05, 0) is 30.3 Å². The van der Waals surface area contributed by atoms with E-state index in [1.807, 2.05) is 18.2 Å². The molecule has 1 saturated heterocycles. The van der Waals surface area contributed by atoms with Gasteiger partial charge in [-0.25, -0.2) is 9.79 Å². The molecular weight excluding hydrogens is 360 g/mol. The van der Waals surface area contributed by atoms with Gasteiger partial charge in [-0.1, -0.05) is 23.7 Å². The van der Waals surface area contributed by atoms with Gasteiger partial charge < -0.3 is 14.4 Å². The number of morpholine rings is 1. The minimum atomic E-state index is -0.462. The SMILES string of the molecule is O=C1OC(c2ccccc2Cl)=N/C1=C/c1ccc(N2CCOCC2)s1. The molecule has 0 saturated carbocycles. The molecule has 4 rings (SSSR count). The first kappa shape index (κ1) is 16.3. The molecule has 0 N–H and O–H groups in total. The fourth-order valence-electron chi connectivity index (χ4n) is 2.67. The number of aliphatic imine (C=N–C) groups is 1. The van der Waals surface area contributed by atoms with Gasteiger partial charge in [-0.2, -0.15) is 0 Å². The molecule has 0 radical (unpaired) electrons. The smallest absolute Gasteiger partial charge is 0.363 e. The number of thiophene rings is 1. The van der Waals surface area contributed by atoms with E-state index in [9.17, 15) is 4.79 Å². The highest BCUT2D eigenvalue weighted by Gasteiger charge is 2.25. The third-order valence-corrected chi connectivity index (χ3v) is 5.36. The third kappa shape index (κ3) is 3.46. The van der Waals surface area contributed by atoms with Crippen LogP contribution in [-0.2, 0) is 14.3 Å². The molecule has 0 bridgehead atoms. The zero-order chi connectivity index (χ0) is 17.2. The van der Waals surface area contributed by atoms with E-state index in [1.165, 1.54) is 0 Å². The summed E-state index contributed by atoms with van der Waals surface area (Å²) in [5, 5.41) is 1.66. The molecule has 3 heterocycles. The number of carbonyl (C=O) groups is 1. The number of ether oxygens (including phenoxy) is 2. The Bertz CT molecular complexity index is 869. The van der Waals surface area contributed by atoms with Crippen LogP contribution in [-0.4, -0.2) is 38.2 Å². The Morgan fingerprint density at radius 3 is 2.76 bits per heavy atom. The van der Waals surface area contributed by atoms with Crippen LogP contribution >= 0.6 is 22.9 Å². The molecule has 128 valence electrons. The van der Waals surface area contributed by atoms with Crippen molar-refractivity contribution in [2.45, 2.75) is 0 Å². The second kappa shape index (κ2) is 7.00. The lowest BCUT2D eigenvalue weighted by Gasteiger charge is -2.27. The largest absolute Gasteiger partial charge is 0.402 e. The standard InChI is InChI=1S/C18H15ClN2O3S/c19-14-4-2-1-3-13(14)17-20-15(18(22)24-17)11-12-5-6-16(25-12)21-7-9-23-10-8-21/h1-6,11H,7-10H2/b15-11+. The Kier molecular flexibility index (Phi) is 4.57. The number of rotatable bonds is 3. The van der Waals surface area contributed by atoms with Crippen molar-refractivity contribution in [1.29, 1.82) is 0 Å². The topological polar surface area (TPSA) is 51.1 Å². The van der Waals surface area contributed by atoms with Gasteiger partial charge in [0.25, 0.3) is 0 Å². The summed E-state index contributed by atoms with van der Waals surface area (Å²) >= 11 is 7.76. The lowest BCUT2D eigenvalue weighted by atomic mass is 10.2. The van der Waals surface area contributed by atoms with E-state index in [0.29, 0.717) is 10.6 Å². The highest BCUT2D eigenvalue weighted by molar-refractivity contribution is 7.16. The van der Waals surface area contributed by atoms with E-state index in [1.54, 1.807) is 29.5 Å². The Morgan fingerprint density at radius 2 is 1.96 bits per heavy atom. The lowest BCUT2D eigenvalue weighted by molar-refractivity contribution is -0.129. The molecule has 25 heavy (non-hydrogen) atoms. The van der Waals surface area contributed by atoms with Gasteiger partial charge in [0.15, 0.2) is 5.70 Å². The first-order valence-electron chi connectivity index (χ1n) is 7.91. The zero-order valence-corrected chi connectivity index (χ0v) is 14.8. The van der Waals surface area contributed by atoms with Crippen molar-refractivity contribution in [1.82, 2.24) is 0 Å². The number of cyclic esters (lactones) is 1. The minimum Gasteiger partial charge on any atom is -0.402 e. The molecule has 0 amide bonds. The fraction of sp³-hybridized carbons (Fsp3) is 0.222. The van der Waals surface area contributed by atoms with E-state index < -0.39 is 5.97 Å². The normalized spacial score (nSPS) is 19.2. The summed E-state index contributed by atoms with van der Waals surface area (Å²) in [6.07, 6.45) is 1.75. The molecule has 2 aromatic rings. The van der Waals surface area contributed by atoms with E-state index in [4.69, 9.17) is 21.1 Å². The molecule has 0 atom stereocenters. The summed E-state index contributed by atoms with van der Waals surface area (Å²) in [5.41, 5.74) is 0.895. The predicted octanol–water partition coefficient (Wildman–Crippen LogP) is 3.58. The molecule has 2 aliphatic heterocycles. The van der Waals surface area contributed by atoms with Crippen molar-refractivity contribution in [3.05, 3.63) is 57.6 Å². The second-order valence-corrected chi connectivity index (χ2v) is 7.09. The van der Waals surface area contributed by atoms with Crippen molar-refractivity contribution in [3.63, 3.8) is 0 Å². The maximum atomic E-state index is 12.1. The maximum Gasteiger partial charge on any atom is 0.363 e. The van der Waals surface area contributed by atoms with Gasteiger partial charge in [0.05, 0.1) is 28.8 Å². The first-order chi connectivity index (χ1) is 12.2. The van der Waals surface area contributed by atoms with Gasteiger partial charge in [0, 0.05) is 18.0 Å². The van der Waals surface area contributed by atoms with Crippen molar-refractivity contribution in [2.24, 2.45) is 4.99 Å². The summed E-state index contributed by atoms with van der Waals surface area (Å²) in [5.74, 6) is -0.219. The molecule has 2 aliphatic rings. The summed E-state index contributed by atoms with van der Waals surface area (Å²) in [6.45, 7) is 3.25. The molecule has 7 heteroatoms. The van der Waals surface area contributed by atoms with Crippen molar-refractivity contribution >= 4 is 45.9 Å². The third-order valence-electron chi connectivity index (χ3n) is 3.94. The highest BCUT2D eigenvalue weighted by atomic mass is 35.5. The second-order valence-electron chi connectivity index (χ2n) is 5.59. The lowest BCUT2D eigenvalue weighted by Crippen LogP contribution is -2.35. The Hall–Kier alpha value is -2.15. The monoisotopic (exact) mass is 374 g/mol. The molecule has 1 aromatic heterocycles. The van der Waals surface area contributed by atoms with Gasteiger partial charge in [0.2, 0.25) is 5.90 Å². The molecule has 5 nitrogen and oxygen atoms in total. The van der Waals surface area contributed by atoms with Crippen molar-refractivity contribution in [3.8, 4) is 0 Å². The molecule has 0 spiro atoms. The Morgan fingerprint density at radius 1 is 1.16 bits per heavy atom. The zero-order valence-electron chi connectivity index (χ0n) is 13.3. The van der Waals surface area contributed by atoms with E-state index in [-0.39, 0.29) is 11.6 Å². The van der Waals surface area contributed by atoms with Crippen LogP contribution in [0.1, 0.15) is 10.4 Å². The number of hydrogen-bond donors (Lipinski definition) is 0. The number of esters is 1. The highest BCUT2D eigenvalue weighted by Crippen LogP contribution is 2.30. The van der Waals surface area contributed by atoms with Crippen LogP contribution in [0.2, 0.25) is 5.02 Å². The van der Waals surface area contributed by atoms with Crippen molar-refractivity contribution in [2.75, 3.05) is 31.2 Å². The van der Waals surface area contributed by atoms with Crippen LogP contribution in [0.4, 0.5) is 5.00 Å². The van der Waals surface area contributed by atoms with E-state index in [2.05, 4.69) is 16.0 Å². The van der Waals surface area contributed by atoms with Crippen LogP contribution < -0.4 is 4.90 Å². The van der Waals surface area contributed by atoms with Crippen LogP contribution in [0.3, 0.4) is 0 Å². The average Bonchev–Trinajstić information content (AvgIpc) is 3.24. The molecule has 0 aliphatic carbocycles. The van der Waals surface area contributed by atoms with Gasteiger partial charge in [0.1, 0.15) is 0 Å². The molecular formula is C18H15ClN2O3S. The van der Waals surface area contributed by atoms with Gasteiger partial charge in [-0.3, -0.25) is 0 Å².